The first-order chi connectivity index (χ1) is 10.6. The Morgan fingerprint density at radius 1 is 1.35 bits per heavy atom. The maximum Gasteiger partial charge on any atom is 0.433 e. The molecule has 0 radical (unpaired) electrons. The molecule has 8 nitrogen and oxygen atoms in total. The fourth-order valence-electron chi connectivity index (χ4n) is 1.89. The molecule has 2 aromatic heterocycles. The molecule has 2 amide bonds. The summed E-state index contributed by atoms with van der Waals surface area (Å²) in [6.07, 6.45) is -3.28. The molecule has 11 heteroatoms. The van der Waals surface area contributed by atoms with Crippen LogP contribution >= 0.6 is 0 Å². The van der Waals surface area contributed by atoms with Crippen LogP contribution in [0.3, 0.4) is 0 Å². The lowest BCUT2D eigenvalue weighted by molar-refractivity contribution is -0.143. The van der Waals surface area contributed by atoms with Crippen LogP contribution in [0.4, 0.5) is 18.9 Å². The number of halogens is 3. The van der Waals surface area contributed by atoms with E-state index >= 15 is 0 Å². The number of nitrogens with zero attached hydrogens (tertiary/aromatic N) is 4. The summed E-state index contributed by atoms with van der Waals surface area (Å²) >= 11 is 0. The molecule has 0 atom stereocenters. The minimum Gasteiger partial charge on any atom is -0.364 e. The van der Waals surface area contributed by atoms with Crippen LogP contribution < -0.4 is 11.1 Å². The molecule has 0 saturated heterocycles. The van der Waals surface area contributed by atoms with Gasteiger partial charge in [0.15, 0.2) is 11.4 Å². The summed E-state index contributed by atoms with van der Waals surface area (Å²) in [6.45, 7) is 2.16. The molecule has 124 valence electrons. The molecule has 0 aliphatic carbocycles. The van der Waals surface area contributed by atoms with Crippen molar-refractivity contribution in [1.29, 1.82) is 0 Å². The lowest BCUT2D eigenvalue weighted by Crippen LogP contribution is -2.18. The Kier molecular flexibility index (Phi) is 4.12. The molecule has 0 spiro atoms. The van der Waals surface area contributed by atoms with E-state index in [1.165, 1.54) is 10.9 Å². The smallest absolute Gasteiger partial charge is 0.364 e. The van der Waals surface area contributed by atoms with Gasteiger partial charge in [0.25, 0.3) is 11.8 Å². The molecule has 0 unspecified atom stereocenters. The Bertz CT molecular complexity index is 761. The van der Waals surface area contributed by atoms with Crippen molar-refractivity contribution in [1.82, 2.24) is 19.6 Å². The SMILES string of the molecule is CCn1cc(NC(=O)c2cc(C(F)(F)F)n(C)n2)c(C(N)=O)n1. The van der Waals surface area contributed by atoms with Crippen molar-refractivity contribution in [3.63, 3.8) is 0 Å². The van der Waals surface area contributed by atoms with Gasteiger partial charge in [-0.05, 0) is 6.92 Å². The number of alkyl halides is 3. The van der Waals surface area contributed by atoms with Crippen LogP contribution in [0, 0.1) is 0 Å². The van der Waals surface area contributed by atoms with Crippen LogP contribution in [0.5, 0.6) is 0 Å². The van der Waals surface area contributed by atoms with Gasteiger partial charge in [-0.3, -0.25) is 19.0 Å². The van der Waals surface area contributed by atoms with Gasteiger partial charge in [0, 0.05) is 25.9 Å². The average molecular weight is 330 g/mol. The van der Waals surface area contributed by atoms with Gasteiger partial charge in [0.1, 0.15) is 5.69 Å². The number of aryl methyl sites for hydroxylation is 2. The van der Waals surface area contributed by atoms with Gasteiger partial charge in [0.05, 0.1) is 5.69 Å². The topological polar surface area (TPSA) is 108 Å². The lowest BCUT2D eigenvalue weighted by Gasteiger charge is -2.04. The molecule has 2 aromatic rings. The zero-order valence-corrected chi connectivity index (χ0v) is 12.2. The summed E-state index contributed by atoms with van der Waals surface area (Å²) in [5.74, 6) is -1.78. The third kappa shape index (κ3) is 3.33. The van der Waals surface area contributed by atoms with Crippen molar-refractivity contribution in [2.45, 2.75) is 19.6 Å². The maximum atomic E-state index is 12.7. The second-order valence-electron chi connectivity index (χ2n) is 4.60. The molecule has 0 aliphatic heterocycles. The normalized spacial score (nSPS) is 11.5. The largest absolute Gasteiger partial charge is 0.433 e. The maximum absolute atomic E-state index is 12.7. The van der Waals surface area contributed by atoms with Crippen molar-refractivity contribution in [3.8, 4) is 0 Å². The van der Waals surface area contributed by atoms with E-state index in [4.69, 9.17) is 5.73 Å². The minimum atomic E-state index is -4.63. The number of hydrogen-bond acceptors (Lipinski definition) is 4. The van der Waals surface area contributed by atoms with Crippen LogP contribution in [0.1, 0.15) is 33.6 Å². The molecule has 3 N–H and O–H groups in total. The summed E-state index contributed by atoms with van der Waals surface area (Å²) in [5, 5.41) is 9.66. The van der Waals surface area contributed by atoms with Gasteiger partial charge in [0.2, 0.25) is 0 Å². The first-order valence-electron chi connectivity index (χ1n) is 6.43. The van der Waals surface area contributed by atoms with Crippen molar-refractivity contribution in [2.24, 2.45) is 12.8 Å². The summed E-state index contributed by atoms with van der Waals surface area (Å²) in [4.78, 5) is 23.3. The van der Waals surface area contributed by atoms with Crippen LogP contribution in [-0.2, 0) is 19.8 Å². The Morgan fingerprint density at radius 3 is 2.48 bits per heavy atom. The number of primary amides is 1. The summed E-state index contributed by atoms with van der Waals surface area (Å²) < 4.78 is 40.0. The standard InChI is InChI=1S/C12H13F3N6O2/c1-3-21-5-7(9(19-21)10(16)22)17-11(23)6-4-8(12(13,14)15)20(2)18-6/h4-5H,3H2,1-2H3,(H2,16,22)(H,17,23). The van der Waals surface area contributed by atoms with Crippen molar-refractivity contribution in [3.05, 3.63) is 29.3 Å². The number of carbonyl (C=O) groups is 2. The molecule has 2 heterocycles. The number of carbonyl (C=O) groups excluding carboxylic acids is 2. The van der Waals surface area contributed by atoms with Gasteiger partial charge in [-0.2, -0.15) is 23.4 Å². The van der Waals surface area contributed by atoms with E-state index in [0.717, 1.165) is 7.05 Å². The van der Waals surface area contributed by atoms with Gasteiger partial charge in [-0.1, -0.05) is 0 Å². The van der Waals surface area contributed by atoms with Gasteiger partial charge in [-0.25, -0.2) is 0 Å². The van der Waals surface area contributed by atoms with E-state index < -0.39 is 29.4 Å². The van der Waals surface area contributed by atoms with Gasteiger partial charge < -0.3 is 11.1 Å². The molecule has 0 aliphatic rings. The molecular formula is C12H13F3N6O2. The zero-order valence-electron chi connectivity index (χ0n) is 12.2. The number of nitrogens with one attached hydrogen (secondary N) is 1. The Morgan fingerprint density at radius 2 is 2.00 bits per heavy atom. The summed E-state index contributed by atoms with van der Waals surface area (Å²) in [5.41, 5.74) is 3.45. The van der Waals surface area contributed by atoms with Gasteiger partial charge in [-0.15, -0.1) is 0 Å². The second kappa shape index (κ2) is 5.74. The summed E-state index contributed by atoms with van der Waals surface area (Å²) in [7, 11) is 1.07. The van der Waals surface area contributed by atoms with E-state index in [-0.39, 0.29) is 11.4 Å². The highest BCUT2D eigenvalue weighted by atomic mass is 19.4. The molecule has 0 fully saturated rings. The zero-order chi connectivity index (χ0) is 17.4. The van der Waals surface area contributed by atoms with Gasteiger partial charge >= 0.3 is 6.18 Å². The molecule has 0 bridgehead atoms. The molecule has 2 rings (SSSR count). The van der Waals surface area contributed by atoms with Crippen LogP contribution in [0.15, 0.2) is 12.3 Å². The number of aromatic nitrogens is 4. The molecular weight excluding hydrogens is 317 g/mol. The number of rotatable bonds is 4. The second-order valence-corrected chi connectivity index (χ2v) is 4.60. The van der Waals surface area contributed by atoms with Crippen molar-refractivity contribution >= 4 is 17.5 Å². The molecule has 0 aromatic carbocycles. The highest BCUT2D eigenvalue weighted by Gasteiger charge is 2.35. The van der Waals surface area contributed by atoms with E-state index in [2.05, 4.69) is 15.5 Å². The Labute approximate surface area is 128 Å². The summed E-state index contributed by atoms with van der Waals surface area (Å²) in [6, 6.07) is 0.615. The van der Waals surface area contributed by atoms with E-state index in [9.17, 15) is 22.8 Å². The average Bonchev–Trinajstić information content (AvgIpc) is 3.01. The highest BCUT2D eigenvalue weighted by Crippen LogP contribution is 2.29. The monoisotopic (exact) mass is 330 g/mol. The fourth-order valence-corrected chi connectivity index (χ4v) is 1.89. The predicted molar refractivity (Wildman–Crippen MR) is 72.6 cm³/mol. The third-order valence-electron chi connectivity index (χ3n) is 2.97. The number of nitrogens with two attached hydrogens (primary N) is 1. The van der Waals surface area contributed by atoms with Crippen molar-refractivity contribution in [2.75, 3.05) is 5.32 Å². The molecule has 23 heavy (non-hydrogen) atoms. The van der Waals surface area contributed by atoms with Crippen LogP contribution in [0.2, 0.25) is 0 Å². The first kappa shape index (κ1) is 16.5. The van der Waals surface area contributed by atoms with Crippen LogP contribution in [0.25, 0.3) is 0 Å². The van der Waals surface area contributed by atoms with Crippen LogP contribution in [-0.4, -0.2) is 31.4 Å². The number of hydrogen-bond donors (Lipinski definition) is 2. The van der Waals surface area contributed by atoms with E-state index in [1.807, 2.05) is 0 Å². The quantitative estimate of drug-likeness (QED) is 0.872. The fraction of sp³-hybridized carbons (Fsp3) is 0.333. The third-order valence-corrected chi connectivity index (χ3v) is 2.97. The number of anilines is 1. The minimum absolute atomic E-state index is 0.00330. The molecule has 0 saturated carbocycles. The number of amides is 2. The predicted octanol–water partition coefficient (Wildman–Crippen LogP) is 1.01. The Hall–Kier alpha value is -2.85. The Balaban J connectivity index is 2.30. The first-order valence-corrected chi connectivity index (χ1v) is 6.43. The van der Waals surface area contributed by atoms with E-state index in [0.29, 0.717) is 17.3 Å². The van der Waals surface area contributed by atoms with Crippen molar-refractivity contribution < 1.29 is 22.8 Å². The lowest BCUT2D eigenvalue weighted by atomic mass is 10.3. The van der Waals surface area contributed by atoms with E-state index in [1.54, 1.807) is 6.92 Å². The highest BCUT2D eigenvalue weighted by molar-refractivity contribution is 6.07.